The van der Waals surface area contributed by atoms with E-state index in [1.165, 1.54) is 52.9 Å². The Morgan fingerprint density at radius 2 is 1.25 bits per heavy atom. The third-order valence-electron chi connectivity index (χ3n) is 8.38. The first kappa shape index (κ1) is 49.8. The number of aliphatic hydroxyl groups is 1. The van der Waals surface area contributed by atoms with Crippen LogP contribution in [-0.2, 0) is 43.5 Å². The van der Waals surface area contributed by atoms with Gasteiger partial charge in [0.2, 0.25) is 33.7 Å². The zero-order valence-electron chi connectivity index (χ0n) is 32.2. The summed E-state index contributed by atoms with van der Waals surface area (Å²) in [6, 6.07) is -6.63. The van der Waals surface area contributed by atoms with Crippen LogP contribution in [0.25, 0.3) is 0 Å². The Labute approximate surface area is 314 Å². The van der Waals surface area contributed by atoms with Gasteiger partial charge in [-0.05, 0) is 72.5 Å². The molecular formula is C34H66N8O10S. The van der Waals surface area contributed by atoms with Crippen LogP contribution in [0.4, 0.5) is 0 Å². The molecule has 19 heteroatoms. The van der Waals surface area contributed by atoms with E-state index < -0.39 is 81.7 Å². The van der Waals surface area contributed by atoms with Gasteiger partial charge in [0.05, 0.1) is 25.0 Å². The molecule has 0 aliphatic heterocycles. The fourth-order valence-corrected chi connectivity index (χ4v) is 6.33. The van der Waals surface area contributed by atoms with Gasteiger partial charge in [0, 0.05) is 6.54 Å². The van der Waals surface area contributed by atoms with E-state index in [9.17, 15) is 42.3 Å². The van der Waals surface area contributed by atoms with Crippen LogP contribution < -0.4 is 42.8 Å². The van der Waals surface area contributed by atoms with Crippen molar-refractivity contribution in [2.75, 3.05) is 39.0 Å². The summed E-state index contributed by atoms with van der Waals surface area (Å²) in [5, 5.41) is 23.0. The molecule has 0 aromatic rings. The number of unbranched alkanes of at least 4 members (excludes halogenated alkanes) is 8. The minimum Gasteiger partial charge on any atom is -0.463 e. The van der Waals surface area contributed by atoms with Crippen LogP contribution in [0.5, 0.6) is 0 Å². The minimum absolute atomic E-state index is 0.0598. The number of hydrogen-bond donors (Lipinski definition) is 9. The van der Waals surface area contributed by atoms with Gasteiger partial charge in [0.25, 0.3) is 5.78 Å². The summed E-state index contributed by atoms with van der Waals surface area (Å²) in [6.45, 7) is 7.09. The molecule has 6 atom stereocenters. The van der Waals surface area contributed by atoms with E-state index in [1.54, 1.807) is 0 Å². The summed E-state index contributed by atoms with van der Waals surface area (Å²) in [7, 11) is -2.92. The Bertz CT molecular complexity index is 1240. The highest BCUT2D eigenvalue weighted by Crippen LogP contribution is 2.08. The van der Waals surface area contributed by atoms with Crippen LogP contribution >= 0.6 is 0 Å². The molecule has 0 bridgehead atoms. The van der Waals surface area contributed by atoms with Crippen molar-refractivity contribution in [2.45, 2.75) is 141 Å². The van der Waals surface area contributed by atoms with Crippen LogP contribution in [0.2, 0.25) is 0 Å². The number of hydrogen-bond acceptors (Lipinski definition) is 13. The molecule has 0 rings (SSSR count). The summed E-state index contributed by atoms with van der Waals surface area (Å²) in [4.78, 5) is 76.0. The molecule has 0 unspecified atom stereocenters. The molecule has 4 amide bonds. The molecule has 0 saturated carbocycles. The van der Waals surface area contributed by atoms with E-state index in [0.29, 0.717) is 25.9 Å². The van der Waals surface area contributed by atoms with Crippen molar-refractivity contribution in [3.8, 4) is 0 Å². The molecule has 0 aliphatic carbocycles. The highest BCUT2D eigenvalue weighted by atomic mass is 32.2. The average Bonchev–Trinajstić information content (AvgIpc) is 3.10. The van der Waals surface area contributed by atoms with Gasteiger partial charge in [-0.3, -0.25) is 24.0 Å². The maximum absolute atomic E-state index is 13.2. The lowest BCUT2D eigenvalue weighted by molar-refractivity contribution is -0.152. The molecule has 0 spiro atoms. The Morgan fingerprint density at radius 3 is 1.81 bits per heavy atom. The van der Waals surface area contributed by atoms with Gasteiger partial charge >= 0.3 is 5.97 Å². The number of aliphatic hydroxyl groups excluding tert-OH is 1. The second kappa shape index (κ2) is 28.2. The van der Waals surface area contributed by atoms with Gasteiger partial charge in [-0.15, -0.1) is 0 Å². The van der Waals surface area contributed by atoms with Crippen molar-refractivity contribution < 1.29 is 47.0 Å². The first-order valence-electron chi connectivity index (χ1n) is 18.7. The number of ether oxygens (including phenoxy) is 1. The number of rotatable bonds is 31. The molecule has 0 saturated heterocycles. The van der Waals surface area contributed by atoms with Crippen LogP contribution in [0.15, 0.2) is 0 Å². The molecule has 0 aromatic heterocycles. The monoisotopic (exact) mass is 778 g/mol. The van der Waals surface area contributed by atoms with Gasteiger partial charge < -0.3 is 47.9 Å². The summed E-state index contributed by atoms with van der Waals surface area (Å²) in [6.07, 6.45) is 8.76. The zero-order chi connectivity index (χ0) is 40.4. The summed E-state index contributed by atoms with van der Waals surface area (Å²) >= 11 is 0. The fourth-order valence-electron chi connectivity index (χ4n) is 5.14. The lowest BCUT2D eigenvalue weighted by Gasteiger charge is -2.26. The average molecular weight is 779 g/mol. The van der Waals surface area contributed by atoms with E-state index in [-0.39, 0.29) is 31.7 Å². The summed E-state index contributed by atoms with van der Waals surface area (Å²) < 4.78 is 32.3. The SMILES string of the molecule is CCCCCCCCCCNCCS(=O)(=O)N[C@@H](CCN)C(=O)N[C@H](C(=O)N[C@@H](C)C(=O)N[C@@H](CCCCN)C(=O)N[C@@H](C)C(=O)C(=O)OC)[C@@H](C)O. The van der Waals surface area contributed by atoms with Crippen molar-refractivity contribution in [1.29, 1.82) is 0 Å². The molecule has 0 heterocycles. The van der Waals surface area contributed by atoms with Gasteiger partial charge in [-0.1, -0.05) is 51.9 Å². The zero-order valence-corrected chi connectivity index (χ0v) is 33.0. The van der Waals surface area contributed by atoms with Gasteiger partial charge in [0.15, 0.2) is 0 Å². The lowest BCUT2D eigenvalue weighted by Crippen LogP contribution is -2.60. The summed E-state index contributed by atoms with van der Waals surface area (Å²) in [5.41, 5.74) is 11.2. The van der Waals surface area contributed by atoms with Gasteiger partial charge in [-0.25, -0.2) is 17.9 Å². The highest BCUT2D eigenvalue weighted by Gasteiger charge is 2.33. The second-order valence-electron chi connectivity index (χ2n) is 13.2. The van der Waals surface area contributed by atoms with Crippen molar-refractivity contribution in [2.24, 2.45) is 11.5 Å². The number of amides is 4. The number of ketones is 1. The first-order chi connectivity index (χ1) is 25.0. The van der Waals surface area contributed by atoms with Gasteiger partial charge in [0.1, 0.15) is 24.2 Å². The number of carbonyl (C=O) groups is 6. The van der Waals surface area contributed by atoms with Crippen LogP contribution in [-0.4, -0.2) is 124 Å². The molecule has 0 aromatic carbocycles. The molecule has 0 radical (unpaired) electrons. The minimum atomic E-state index is -3.94. The highest BCUT2D eigenvalue weighted by molar-refractivity contribution is 7.89. The van der Waals surface area contributed by atoms with Crippen molar-refractivity contribution in [3.05, 3.63) is 0 Å². The number of carbonyl (C=O) groups excluding carboxylic acids is 6. The molecular weight excluding hydrogens is 712 g/mol. The van der Waals surface area contributed by atoms with E-state index in [2.05, 4.69) is 43.0 Å². The molecule has 53 heavy (non-hydrogen) atoms. The smallest absolute Gasteiger partial charge is 0.376 e. The number of Topliss-reactive ketones (excluding diaryl/α,β-unsaturated/α-hetero) is 1. The third kappa shape index (κ3) is 21.9. The molecule has 18 nitrogen and oxygen atoms in total. The normalized spacial score (nSPS) is 14.9. The number of nitrogens with two attached hydrogens (primary N) is 2. The first-order valence-corrected chi connectivity index (χ1v) is 20.3. The third-order valence-corrected chi connectivity index (χ3v) is 9.77. The van der Waals surface area contributed by atoms with Gasteiger partial charge in [-0.2, -0.15) is 0 Å². The predicted octanol–water partition coefficient (Wildman–Crippen LogP) is -1.42. The maximum atomic E-state index is 13.2. The molecule has 0 aliphatic rings. The largest absolute Gasteiger partial charge is 0.463 e. The van der Waals surface area contributed by atoms with E-state index >= 15 is 0 Å². The Balaban J connectivity index is 5.27. The Kier molecular flexibility index (Phi) is 26.5. The van der Waals surface area contributed by atoms with Crippen LogP contribution in [0.3, 0.4) is 0 Å². The molecule has 0 fully saturated rings. The Hall–Kier alpha value is -3.23. The topological polar surface area (TPSA) is 290 Å². The quantitative estimate of drug-likeness (QED) is 0.0222. The lowest BCUT2D eigenvalue weighted by atomic mass is 10.1. The molecule has 308 valence electrons. The standard InChI is InChI=1S/C34H66N8O10S/c1-6-7-8-9-10-11-12-15-20-37-21-22-53(50,51)42-27(17-19-36)32(47)41-28(25(4)43)33(48)39-24(3)30(45)40-26(16-13-14-18-35)31(46)38-23(2)29(44)34(49)52-5/h23-28,37,42-43H,6-22,35-36H2,1-5H3,(H,38,46)(H,39,48)(H,40,45)(H,41,47)/t23-,24-,25+,26-,27-,28-/m0/s1. The number of sulfonamides is 1. The number of methoxy groups -OCH3 is 1. The van der Waals surface area contributed by atoms with Crippen molar-refractivity contribution in [3.63, 3.8) is 0 Å². The van der Waals surface area contributed by atoms with Crippen LogP contribution in [0.1, 0.15) is 105 Å². The summed E-state index contributed by atoms with van der Waals surface area (Å²) in [5.74, 6) is -5.88. The van der Waals surface area contributed by atoms with Crippen LogP contribution in [0, 0.1) is 0 Å². The van der Waals surface area contributed by atoms with Crippen molar-refractivity contribution >= 4 is 45.4 Å². The van der Waals surface area contributed by atoms with E-state index in [4.69, 9.17) is 11.5 Å². The van der Waals surface area contributed by atoms with E-state index in [0.717, 1.165) is 26.4 Å². The second-order valence-corrected chi connectivity index (χ2v) is 15.1. The predicted molar refractivity (Wildman–Crippen MR) is 201 cm³/mol. The number of esters is 1. The molecule has 11 N–H and O–H groups in total. The Morgan fingerprint density at radius 1 is 0.660 bits per heavy atom. The maximum Gasteiger partial charge on any atom is 0.376 e. The van der Waals surface area contributed by atoms with Crippen molar-refractivity contribution in [1.82, 2.24) is 31.3 Å². The van der Waals surface area contributed by atoms with E-state index in [1.807, 2.05) is 0 Å². The number of nitrogens with one attached hydrogen (secondary N) is 6. The fraction of sp³-hybridized carbons (Fsp3) is 0.824.